The first-order valence-electron chi connectivity index (χ1n) is 6.54. The van der Waals surface area contributed by atoms with Gasteiger partial charge in [0.2, 0.25) is 11.7 Å². The van der Waals surface area contributed by atoms with Gasteiger partial charge >= 0.3 is 0 Å². The highest BCUT2D eigenvalue weighted by Crippen LogP contribution is 2.19. The molecule has 0 bridgehead atoms. The van der Waals surface area contributed by atoms with Crippen molar-refractivity contribution < 1.29 is 4.52 Å². The Balaban J connectivity index is 2.08. The van der Waals surface area contributed by atoms with E-state index in [4.69, 9.17) is 4.52 Å². The summed E-state index contributed by atoms with van der Waals surface area (Å²) >= 11 is 3.41. The summed E-state index contributed by atoms with van der Waals surface area (Å²) in [5.74, 6) is 1.33. The van der Waals surface area contributed by atoms with Crippen LogP contribution in [-0.4, -0.2) is 22.7 Å². The third-order valence-corrected chi connectivity index (χ3v) is 3.51. The summed E-state index contributed by atoms with van der Waals surface area (Å²) in [5.41, 5.74) is 0.967. The fraction of sp³-hybridized carbons (Fsp3) is 0.429. The molecule has 2 rings (SSSR count). The monoisotopic (exact) mass is 323 g/mol. The Bertz CT molecular complexity index is 510. The molecule has 2 aromatic rings. The minimum atomic E-state index is 0.392. The van der Waals surface area contributed by atoms with E-state index in [1.165, 1.54) is 0 Å². The number of nitrogens with zero attached hydrogens (tertiary/aromatic N) is 2. The molecule has 0 aliphatic heterocycles. The Morgan fingerprint density at radius 3 is 2.63 bits per heavy atom. The van der Waals surface area contributed by atoms with E-state index in [2.05, 4.69) is 45.2 Å². The van der Waals surface area contributed by atoms with Crippen LogP contribution in [0.15, 0.2) is 33.3 Å². The Morgan fingerprint density at radius 2 is 2.00 bits per heavy atom. The van der Waals surface area contributed by atoms with Gasteiger partial charge in [0.25, 0.3) is 0 Å². The molecular formula is C14H18BrN3O. The van der Waals surface area contributed by atoms with Crippen molar-refractivity contribution >= 4 is 15.9 Å². The molecule has 1 N–H and O–H groups in total. The van der Waals surface area contributed by atoms with Crippen LogP contribution >= 0.6 is 15.9 Å². The molecule has 19 heavy (non-hydrogen) atoms. The van der Waals surface area contributed by atoms with E-state index < -0.39 is 0 Å². The number of hydrogen-bond donors (Lipinski definition) is 1. The number of benzene rings is 1. The Morgan fingerprint density at radius 1 is 1.26 bits per heavy atom. The van der Waals surface area contributed by atoms with E-state index in [-0.39, 0.29) is 0 Å². The van der Waals surface area contributed by atoms with Gasteiger partial charge in [0.1, 0.15) is 0 Å². The normalized spacial score (nSPS) is 12.6. The predicted octanol–water partition coefficient (Wildman–Crippen LogP) is 3.43. The van der Waals surface area contributed by atoms with Gasteiger partial charge < -0.3 is 9.84 Å². The van der Waals surface area contributed by atoms with Crippen LogP contribution in [0.5, 0.6) is 0 Å². The van der Waals surface area contributed by atoms with Crippen molar-refractivity contribution in [3.05, 3.63) is 34.6 Å². The van der Waals surface area contributed by atoms with Gasteiger partial charge in [-0.25, -0.2) is 0 Å². The van der Waals surface area contributed by atoms with E-state index in [0.29, 0.717) is 17.8 Å². The molecule has 1 unspecified atom stereocenters. The van der Waals surface area contributed by atoms with Gasteiger partial charge in [0.15, 0.2) is 0 Å². The van der Waals surface area contributed by atoms with Crippen LogP contribution in [-0.2, 0) is 6.42 Å². The lowest BCUT2D eigenvalue weighted by Gasteiger charge is -2.12. The predicted molar refractivity (Wildman–Crippen MR) is 78.9 cm³/mol. The quantitative estimate of drug-likeness (QED) is 0.884. The van der Waals surface area contributed by atoms with Crippen LogP contribution in [0.25, 0.3) is 11.4 Å². The third kappa shape index (κ3) is 3.88. The van der Waals surface area contributed by atoms with E-state index >= 15 is 0 Å². The summed E-state index contributed by atoms with van der Waals surface area (Å²) in [6, 6.07) is 8.28. The van der Waals surface area contributed by atoms with Crippen LogP contribution in [0.3, 0.4) is 0 Å². The van der Waals surface area contributed by atoms with Crippen LogP contribution < -0.4 is 5.32 Å². The molecule has 1 atom stereocenters. The Labute approximate surface area is 121 Å². The topological polar surface area (TPSA) is 51.0 Å². The van der Waals surface area contributed by atoms with Crippen molar-refractivity contribution in [2.24, 2.45) is 0 Å². The molecule has 1 heterocycles. The lowest BCUT2D eigenvalue weighted by atomic mass is 10.1. The Hall–Kier alpha value is -1.20. The first-order chi connectivity index (χ1) is 9.22. The first-order valence-corrected chi connectivity index (χ1v) is 7.34. The molecule has 0 amide bonds. The summed E-state index contributed by atoms with van der Waals surface area (Å²) in [4.78, 5) is 4.45. The minimum absolute atomic E-state index is 0.392. The smallest absolute Gasteiger partial charge is 0.228 e. The van der Waals surface area contributed by atoms with Gasteiger partial charge in [0.05, 0.1) is 0 Å². The van der Waals surface area contributed by atoms with Crippen LogP contribution in [0.1, 0.15) is 26.2 Å². The molecule has 0 fully saturated rings. The molecule has 0 aliphatic carbocycles. The van der Waals surface area contributed by atoms with Gasteiger partial charge in [0, 0.05) is 22.5 Å². The van der Waals surface area contributed by atoms with E-state index in [1.54, 1.807) is 0 Å². The Kier molecular flexibility index (Phi) is 5.10. The average molecular weight is 324 g/mol. The number of nitrogens with one attached hydrogen (secondary N) is 1. The first kappa shape index (κ1) is 14.2. The molecule has 1 aromatic carbocycles. The van der Waals surface area contributed by atoms with Crippen molar-refractivity contribution in [2.75, 3.05) is 6.54 Å². The highest BCUT2D eigenvalue weighted by molar-refractivity contribution is 9.10. The van der Waals surface area contributed by atoms with Gasteiger partial charge in [-0.3, -0.25) is 0 Å². The molecule has 0 aliphatic rings. The zero-order valence-corrected chi connectivity index (χ0v) is 12.8. The maximum atomic E-state index is 5.32. The SMILES string of the molecule is CCNC(CC)Cc1nc(-c2ccc(Br)cc2)no1. The van der Waals surface area contributed by atoms with Gasteiger partial charge in [-0.1, -0.05) is 34.9 Å². The van der Waals surface area contributed by atoms with E-state index in [0.717, 1.165) is 29.4 Å². The highest BCUT2D eigenvalue weighted by Gasteiger charge is 2.13. The summed E-state index contributed by atoms with van der Waals surface area (Å²) in [6.07, 6.45) is 1.82. The molecular weight excluding hydrogens is 306 g/mol. The second-order valence-corrected chi connectivity index (χ2v) is 5.30. The maximum absolute atomic E-state index is 5.32. The number of hydrogen-bond acceptors (Lipinski definition) is 4. The largest absolute Gasteiger partial charge is 0.339 e. The number of likely N-dealkylation sites (N-methyl/N-ethyl adjacent to an activating group) is 1. The van der Waals surface area contributed by atoms with Crippen molar-refractivity contribution in [3.8, 4) is 11.4 Å². The van der Waals surface area contributed by atoms with Gasteiger partial charge in [-0.05, 0) is 37.2 Å². The summed E-state index contributed by atoms with van der Waals surface area (Å²) in [5, 5.41) is 7.44. The lowest BCUT2D eigenvalue weighted by Crippen LogP contribution is -2.30. The fourth-order valence-corrected chi connectivity index (χ4v) is 2.18. The second kappa shape index (κ2) is 6.82. The summed E-state index contributed by atoms with van der Waals surface area (Å²) in [7, 11) is 0. The van der Waals surface area contributed by atoms with Crippen molar-refractivity contribution in [1.29, 1.82) is 0 Å². The summed E-state index contributed by atoms with van der Waals surface area (Å²) in [6.45, 7) is 5.20. The zero-order valence-electron chi connectivity index (χ0n) is 11.2. The average Bonchev–Trinajstić information content (AvgIpc) is 2.87. The molecule has 0 saturated carbocycles. The van der Waals surface area contributed by atoms with Crippen molar-refractivity contribution in [3.63, 3.8) is 0 Å². The van der Waals surface area contributed by atoms with Crippen LogP contribution in [0.4, 0.5) is 0 Å². The zero-order chi connectivity index (χ0) is 13.7. The number of aromatic nitrogens is 2. The maximum Gasteiger partial charge on any atom is 0.228 e. The lowest BCUT2D eigenvalue weighted by molar-refractivity contribution is 0.355. The molecule has 102 valence electrons. The third-order valence-electron chi connectivity index (χ3n) is 2.98. The van der Waals surface area contributed by atoms with Gasteiger partial charge in [-0.2, -0.15) is 4.98 Å². The fourth-order valence-electron chi connectivity index (χ4n) is 1.91. The van der Waals surface area contributed by atoms with Crippen molar-refractivity contribution in [1.82, 2.24) is 15.5 Å². The van der Waals surface area contributed by atoms with Crippen LogP contribution in [0.2, 0.25) is 0 Å². The molecule has 1 aromatic heterocycles. The molecule has 0 radical (unpaired) electrons. The standard InChI is InChI=1S/C14H18BrN3O/c1-3-12(16-4-2)9-13-17-14(18-19-13)10-5-7-11(15)8-6-10/h5-8,12,16H,3-4,9H2,1-2H3. The number of halogens is 1. The second-order valence-electron chi connectivity index (χ2n) is 4.39. The van der Waals surface area contributed by atoms with Crippen LogP contribution in [0, 0.1) is 0 Å². The van der Waals surface area contributed by atoms with Crippen molar-refractivity contribution in [2.45, 2.75) is 32.7 Å². The molecule has 4 nitrogen and oxygen atoms in total. The van der Waals surface area contributed by atoms with E-state index in [1.807, 2.05) is 24.3 Å². The van der Waals surface area contributed by atoms with Gasteiger partial charge in [-0.15, -0.1) is 0 Å². The molecule has 5 heteroatoms. The van der Waals surface area contributed by atoms with E-state index in [9.17, 15) is 0 Å². The molecule has 0 saturated heterocycles. The highest BCUT2D eigenvalue weighted by atomic mass is 79.9. The minimum Gasteiger partial charge on any atom is -0.339 e. The number of rotatable bonds is 6. The molecule has 0 spiro atoms. The summed E-state index contributed by atoms with van der Waals surface area (Å²) < 4.78 is 6.36.